The summed E-state index contributed by atoms with van der Waals surface area (Å²) >= 11 is 0. The van der Waals surface area contributed by atoms with E-state index < -0.39 is 35.7 Å². The molecule has 0 aliphatic carbocycles. The third-order valence-corrected chi connectivity index (χ3v) is 28.1. The summed E-state index contributed by atoms with van der Waals surface area (Å²) in [6, 6.07) is 10.9. The fourth-order valence-corrected chi connectivity index (χ4v) is 21.2. The monoisotopic (exact) mass is 1770 g/mol. The Morgan fingerprint density at radius 1 is 0.437 bits per heavy atom. The van der Waals surface area contributed by atoms with Gasteiger partial charge in [-0.15, -0.1) is 0 Å². The maximum atomic E-state index is 14.5. The molecule has 6 amide bonds. The van der Waals surface area contributed by atoms with E-state index in [1.807, 2.05) is 42.3 Å². The number of likely N-dealkylation sites (tertiary alicyclic amines) is 2. The Labute approximate surface area is 726 Å². The Morgan fingerprint density at radius 3 is 1.04 bits per heavy atom. The standard InChI is InChI=1S/C30H38F2N8O2.C29H36F4N8O.C28H36F2N8O3S/c1-33-30(41)38-11-7-26-25(16-38)29(35-40(26)21-5-9-37(10-6-21)22-17-42-18-22)39-8-3-4-19-12-23(20-14-34-36(2)15-20)24(28(31)32)13-27(19)39;1-34-29(42)39-11-7-24-23(16-39)28(36-41(24)20-5-9-38(10-6-20)17-26(30)31)40-8-3-4-18-12-21(19-14-35-37(2)15-19)22(27(32)33)13-25(18)40;1-31-28(39)35-10-8-24-23(17-35)27(33-38(24)20-6-11-36(12-7-20)42(3,40)41)37-9-4-5-18-13-21(19-15-32-34(2)16-19)22(26(29)30)14-25(18)37/h12-15,21-22,28H,3-11,16-18H2,1-2H3,(H,33,41);12-15,20,26-27H,3-11,16-17H2,1-2H3,(H,34,42);13-16,20,26H,4-12,17H2,1-3H3,(H,31,39). The number of nitrogens with zero attached hydrogens (tertiary/aromatic N) is 21. The minimum Gasteiger partial charge on any atom is -0.378 e. The molecule has 6 aromatic heterocycles. The number of carbonyl (C=O) groups excluding carboxylic acids is 3. The second kappa shape index (κ2) is 36.6. The van der Waals surface area contributed by atoms with E-state index in [2.05, 4.69) is 45.7 Å². The summed E-state index contributed by atoms with van der Waals surface area (Å²) in [7, 11) is 6.89. The quantitative estimate of drug-likeness (QED) is 0.0759. The van der Waals surface area contributed by atoms with E-state index in [-0.39, 0.29) is 59.5 Å². The van der Waals surface area contributed by atoms with Gasteiger partial charge in [-0.2, -0.15) is 30.6 Å². The summed E-state index contributed by atoms with van der Waals surface area (Å²) in [4.78, 5) is 53.7. The largest absolute Gasteiger partial charge is 0.378 e. The van der Waals surface area contributed by atoms with Crippen LogP contribution in [0.3, 0.4) is 0 Å². The molecule has 3 aromatic carbocycles. The van der Waals surface area contributed by atoms with Crippen LogP contribution in [0.25, 0.3) is 33.4 Å². The van der Waals surface area contributed by atoms with Gasteiger partial charge in [0.15, 0.2) is 17.5 Å². The number of carbonyl (C=O) groups is 3. The Balaban J connectivity index is 0.000000133. The highest BCUT2D eigenvalue weighted by Gasteiger charge is 2.42. The number of hydrogen-bond acceptors (Lipinski definition) is 17. The number of hydrogen-bond donors (Lipinski definition) is 3. The number of alkyl halides is 8. The number of sulfonamides is 1. The number of amides is 6. The molecule has 4 saturated heterocycles. The maximum Gasteiger partial charge on any atom is 0.317 e. The molecule has 39 heteroatoms. The zero-order valence-electron chi connectivity index (χ0n) is 72.2. The molecule has 676 valence electrons. The second-order valence-electron chi connectivity index (χ2n) is 34.6. The maximum absolute atomic E-state index is 14.5. The number of fused-ring (bicyclic) bond motifs is 6. The van der Waals surface area contributed by atoms with Crippen LogP contribution in [-0.2, 0) is 94.1 Å². The summed E-state index contributed by atoms with van der Waals surface area (Å²) in [5, 5.41) is 36.3. The van der Waals surface area contributed by atoms with Gasteiger partial charge in [-0.25, -0.2) is 62.2 Å². The fraction of sp³-hybridized carbons (Fsp3) is 0.552. The molecule has 4 fully saturated rings. The topological polar surface area (TPSA) is 267 Å². The number of piperidine rings is 3. The van der Waals surface area contributed by atoms with Crippen molar-refractivity contribution < 1.29 is 62.7 Å². The molecule has 30 nitrogen and oxygen atoms in total. The van der Waals surface area contributed by atoms with Crippen molar-refractivity contribution in [3.63, 3.8) is 0 Å². The first kappa shape index (κ1) is 87.4. The SMILES string of the molecule is CNC(=O)N1CCc2c(c(N3CCCc4cc(-c5cnn(C)c5)c(C(F)F)cc43)nn2C2CCN(C3COC3)CC2)C1.CNC(=O)N1CCc2c(c(N3CCCc4cc(-c5cnn(C)c5)c(C(F)F)cc43)nn2C2CCN(CC(F)F)CC2)C1.CNC(=O)N1CCc2c(c(N3CCCc4cc(-c5cnn(C)c5)c(C(F)F)cc43)nn2C2CCN(S(C)(=O)=O)CC2)C1. The van der Waals surface area contributed by atoms with E-state index >= 15 is 0 Å². The molecule has 16 heterocycles. The smallest absolute Gasteiger partial charge is 0.317 e. The molecule has 0 atom stereocenters. The summed E-state index contributed by atoms with van der Waals surface area (Å²) in [6.45, 7) is 10.1. The van der Waals surface area contributed by atoms with E-state index in [0.29, 0.717) is 186 Å². The third kappa shape index (κ3) is 17.6. The molecule has 0 saturated carbocycles. The molecule has 3 N–H and O–H groups in total. The number of urea groups is 3. The minimum atomic E-state index is -3.27. The predicted octanol–water partition coefficient (Wildman–Crippen LogP) is 12.5. The molecule has 0 bridgehead atoms. The summed E-state index contributed by atoms with van der Waals surface area (Å²) in [5.74, 6) is 2.16. The van der Waals surface area contributed by atoms with Gasteiger partial charge in [0.2, 0.25) is 10.0 Å². The second-order valence-corrected chi connectivity index (χ2v) is 36.6. The minimum absolute atomic E-state index is 0.00119. The van der Waals surface area contributed by atoms with Crippen LogP contribution in [0.4, 0.5) is 84.0 Å². The molecular weight excluding hydrogens is 1660 g/mol. The van der Waals surface area contributed by atoms with Crippen molar-refractivity contribution in [2.75, 3.05) is 140 Å². The van der Waals surface area contributed by atoms with Gasteiger partial charge in [0.05, 0.1) is 88.4 Å². The van der Waals surface area contributed by atoms with Crippen LogP contribution < -0.4 is 30.7 Å². The number of benzene rings is 3. The number of aromatic nitrogens is 12. The normalized spacial score (nSPS) is 18.8. The lowest BCUT2D eigenvalue weighted by atomic mass is 9.92. The van der Waals surface area contributed by atoms with Crippen molar-refractivity contribution in [1.82, 2.24) is 103 Å². The summed E-state index contributed by atoms with van der Waals surface area (Å²) in [6.07, 6.45) is 12.4. The van der Waals surface area contributed by atoms with Crippen molar-refractivity contribution in [3.8, 4) is 33.4 Å². The highest BCUT2D eigenvalue weighted by Crippen LogP contribution is 2.49. The molecule has 126 heavy (non-hydrogen) atoms. The molecule has 10 aliphatic rings. The van der Waals surface area contributed by atoms with Crippen LogP contribution in [0.2, 0.25) is 0 Å². The first-order valence-corrected chi connectivity index (χ1v) is 45.7. The van der Waals surface area contributed by atoms with Crippen LogP contribution in [-0.4, -0.2) is 252 Å². The van der Waals surface area contributed by atoms with Crippen molar-refractivity contribution in [2.45, 2.75) is 166 Å². The van der Waals surface area contributed by atoms with Crippen molar-refractivity contribution >= 4 is 62.6 Å². The van der Waals surface area contributed by atoms with Gasteiger partial charge < -0.3 is 50.1 Å². The van der Waals surface area contributed by atoms with Crippen LogP contribution in [0.1, 0.15) is 162 Å². The predicted molar refractivity (Wildman–Crippen MR) is 459 cm³/mol. The van der Waals surface area contributed by atoms with E-state index in [0.717, 1.165) is 140 Å². The first-order chi connectivity index (χ1) is 60.7. The summed E-state index contributed by atoms with van der Waals surface area (Å²) in [5.41, 5.74) is 14.6. The number of rotatable bonds is 16. The fourth-order valence-electron chi connectivity index (χ4n) is 20.3. The number of ether oxygens (including phenoxy) is 1. The summed E-state index contributed by atoms with van der Waals surface area (Å²) < 4.78 is 155. The number of nitrogens with one attached hydrogen (secondary N) is 3. The zero-order chi connectivity index (χ0) is 88.3. The number of anilines is 6. The molecular formula is C87H110F8N24O6S. The Morgan fingerprint density at radius 2 is 0.762 bits per heavy atom. The van der Waals surface area contributed by atoms with Crippen LogP contribution in [0, 0.1) is 0 Å². The highest BCUT2D eigenvalue weighted by molar-refractivity contribution is 7.88. The molecule has 10 aliphatic heterocycles. The average Bonchev–Trinajstić information content (AvgIpc) is 1.58. The highest BCUT2D eigenvalue weighted by atomic mass is 32.2. The van der Waals surface area contributed by atoms with Crippen LogP contribution in [0.5, 0.6) is 0 Å². The Hall–Kier alpha value is -10.6. The lowest BCUT2D eigenvalue weighted by Crippen LogP contribution is -2.52. The lowest BCUT2D eigenvalue weighted by Gasteiger charge is -2.41. The van der Waals surface area contributed by atoms with Gasteiger partial charge in [-0.1, -0.05) is 0 Å². The first-order valence-electron chi connectivity index (χ1n) is 43.8. The van der Waals surface area contributed by atoms with Gasteiger partial charge >= 0.3 is 18.1 Å². The zero-order valence-corrected chi connectivity index (χ0v) is 73.0. The number of aryl methyl sites for hydroxylation is 6. The van der Waals surface area contributed by atoms with E-state index in [1.165, 1.54) is 16.3 Å². The van der Waals surface area contributed by atoms with Crippen molar-refractivity contribution in [3.05, 3.63) is 141 Å². The number of halogens is 8. The van der Waals surface area contributed by atoms with E-state index in [1.54, 1.807) is 126 Å². The molecule has 0 spiro atoms. The van der Waals surface area contributed by atoms with Crippen LogP contribution >= 0.6 is 0 Å². The van der Waals surface area contributed by atoms with Gasteiger partial charge in [0.1, 0.15) is 0 Å². The lowest BCUT2D eigenvalue weighted by molar-refractivity contribution is -0.0735. The van der Waals surface area contributed by atoms with Gasteiger partial charge in [-0.05, 0) is 147 Å². The Bertz CT molecular complexity index is 5600. The molecule has 0 radical (unpaired) electrons. The van der Waals surface area contributed by atoms with Crippen LogP contribution in [0.15, 0.2) is 73.6 Å². The molecule has 19 rings (SSSR count). The van der Waals surface area contributed by atoms with Crippen molar-refractivity contribution in [1.29, 1.82) is 0 Å². The average molecular weight is 1770 g/mol. The van der Waals surface area contributed by atoms with Crippen molar-refractivity contribution in [2.24, 2.45) is 21.1 Å². The van der Waals surface area contributed by atoms with Gasteiger partial charge in [0, 0.05) is 243 Å². The van der Waals surface area contributed by atoms with Gasteiger partial charge in [0.25, 0.3) is 25.7 Å². The third-order valence-electron chi connectivity index (χ3n) is 26.8. The van der Waals surface area contributed by atoms with Gasteiger partial charge in [-0.3, -0.25) is 37.9 Å². The Kier molecular flexibility index (Phi) is 25.4. The van der Waals surface area contributed by atoms with E-state index in [4.69, 9.17) is 20.0 Å². The molecule has 0 unspecified atom stereocenters. The van der Waals surface area contributed by atoms with E-state index in [9.17, 15) is 57.9 Å². The molecule has 9 aromatic rings.